The molecular weight excluding hydrogens is 290 g/mol. The number of aliphatic hydroxyl groups excluding tert-OH is 1. The molecule has 124 valence electrons. The van der Waals surface area contributed by atoms with Crippen molar-refractivity contribution < 1.29 is 14.6 Å². The van der Waals surface area contributed by atoms with Gasteiger partial charge in [0.25, 0.3) is 0 Å². The number of nitrogens with one attached hydrogen (secondary N) is 1. The van der Waals surface area contributed by atoms with Gasteiger partial charge in [-0.05, 0) is 37.1 Å². The molecule has 23 heavy (non-hydrogen) atoms. The second-order valence-corrected chi connectivity index (χ2v) is 5.20. The molecule has 0 radical (unpaired) electrons. The van der Waals surface area contributed by atoms with Crippen LogP contribution in [0, 0.1) is 0 Å². The number of ether oxygens (including phenoxy) is 2. The zero-order valence-corrected chi connectivity index (χ0v) is 13.8. The Morgan fingerprint density at radius 2 is 1.65 bits per heavy atom. The van der Waals surface area contributed by atoms with Gasteiger partial charge in [-0.25, -0.2) is 0 Å². The molecule has 4 nitrogen and oxygen atoms in total. The van der Waals surface area contributed by atoms with Crippen LogP contribution in [0.3, 0.4) is 0 Å². The van der Waals surface area contributed by atoms with Gasteiger partial charge in [0.2, 0.25) is 0 Å². The zero-order valence-electron chi connectivity index (χ0n) is 13.8. The predicted octanol–water partition coefficient (Wildman–Crippen LogP) is 3.31. The lowest BCUT2D eigenvalue weighted by molar-refractivity contribution is 0.174. The zero-order chi connectivity index (χ0) is 16.5. The monoisotopic (exact) mass is 315 g/mol. The van der Waals surface area contributed by atoms with Crippen LogP contribution in [0.4, 0.5) is 0 Å². The van der Waals surface area contributed by atoms with Crippen molar-refractivity contribution in [2.24, 2.45) is 0 Å². The van der Waals surface area contributed by atoms with Crippen molar-refractivity contribution in [1.82, 2.24) is 5.32 Å². The number of aliphatic hydroxyl groups is 1. The van der Waals surface area contributed by atoms with E-state index in [4.69, 9.17) is 9.47 Å². The fourth-order valence-corrected chi connectivity index (χ4v) is 2.35. The van der Waals surface area contributed by atoms with Gasteiger partial charge < -0.3 is 19.9 Å². The first-order valence-corrected chi connectivity index (χ1v) is 8.06. The third-order valence-electron chi connectivity index (χ3n) is 3.46. The van der Waals surface area contributed by atoms with Crippen LogP contribution in [0.2, 0.25) is 0 Å². The molecule has 0 fully saturated rings. The van der Waals surface area contributed by atoms with Crippen molar-refractivity contribution in [3.63, 3.8) is 0 Å². The summed E-state index contributed by atoms with van der Waals surface area (Å²) in [6.07, 6.45) is -0.509. The first-order valence-electron chi connectivity index (χ1n) is 8.06. The summed E-state index contributed by atoms with van der Waals surface area (Å²) in [5.41, 5.74) is 2.01. The van der Waals surface area contributed by atoms with Gasteiger partial charge in [0.1, 0.15) is 0 Å². The quantitative estimate of drug-likeness (QED) is 0.745. The Kier molecular flexibility index (Phi) is 6.91. The van der Waals surface area contributed by atoms with Crippen molar-refractivity contribution >= 4 is 0 Å². The maximum absolute atomic E-state index is 10.1. The average molecular weight is 315 g/mol. The first-order chi connectivity index (χ1) is 11.2. The van der Waals surface area contributed by atoms with E-state index >= 15 is 0 Å². The summed E-state index contributed by atoms with van der Waals surface area (Å²) in [5, 5.41) is 13.4. The largest absolute Gasteiger partial charge is 0.490 e. The average Bonchev–Trinajstić information content (AvgIpc) is 2.58. The number of rotatable bonds is 9. The van der Waals surface area contributed by atoms with Gasteiger partial charge in [-0.1, -0.05) is 36.4 Å². The van der Waals surface area contributed by atoms with E-state index in [1.807, 2.05) is 62.4 Å². The predicted molar refractivity (Wildman–Crippen MR) is 91.9 cm³/mol. The van der Waals surface area contributed by atoms with Gasteiger partial charge in [0.15, 0.2) is 11.5 Å². The SMILES string of the molecule is CCOc1ccc(CNC[C@@H](O)c2ccccc2)cc1OCC. The standard InChI is InChI=1S/C19H25NO3/c1-3-22-18-11-10-15(12-19(18)23-4-2)13-20-14-17(21)16-8-6-5-7-9-16/h5-12,17,20-21H,3-4,13-14H2,1-2H3/t17-/m1/s1. The molecule has 0 aromatic heterocycles. The van der Waals surface area contributed by atoms with Crippen LogP contribution in [0.5, 0.6) is 11.5 Å². The Morgan fingerprint density at radius 3 is 2.35 bits per heavy atom. The Morgan fingerprint density at radius 1 is 0.957 bits per heavy atom. The lowest BCUT2D eigenvalue weighted by Gasteiger charge is -2.14. The van der Waals surface area contributed by atoms with Crippen LogP contribution < -0.4 is 14.8 Å². The summed E-state index contributed by atoms with van der Waals surface area (Å²) in [4.78, 5) is 0. The molecule has 0 saturated heterocycles. The maximum atomic E-state index is 10.1. The molecule has 0 heterocycles. The summed E-state index contributed by atoms with van der Waals surface area (Å²) in [5.74, 6) is 1.53. The second kappa shape index (κ2) is 9.18. The van der Waals surface area contributed by atoms with Crippen LogP contribution in [-0.2, 0) is 6.54 Å². The Hall–Kier alpha value is -2.04. The summed E-state index contributed by atoms with van der Waals surface area (Å²) < 4.78 is 11.2. The van der Waals surface area contributed by atoms with Crippen LogP contribution in [0.15, 0.2) is 48.5 Å². The Balaban J connectivity index is 1.91. The van der Waals surface area contributed by atoms with Crippen molar-refractivity contribution in [1.29, 1.82) is 0 Å². The van der Waals surface area contributed by atoms with Gasteiger partial charge in [-0.15, -0.1) is 0 Å². The minimum Gasteiger partial charge on any atom is -0.490 e. The highest BCUT2D eigenvalue weighted by Gasteiger charge is 2.08. The van der Waals surface area contributed by atoms with Gasteiger partial charge in [0.05, 0.1) is 19.3 Å². The molecule has 2 aromatic rings. The van der Waals surface area contributed by atoms with Crippen LogP contribution in [0.1, 0.15) is 31.1 Å². The maximum Gasteiger partial charge on any atom is 0.161 e. The van der Waals surface area contributed by atoms with E-state index in [0.29, 0.717) is 26.3 Å². The molecule has 0 aliphatic heterocycles. The van der Waals surface area contributed by atoms with E-state index in [1.54, 1.807) is 0 Å². The van der Waals surface area contributed by atoms with Crippen LogP contribution >= 0.6 is 0 Å². The third kappa shape index (κ3) is 5.27. The number of hydrogen-bond acceptors (Lipinski definition) is 4. The molecule has 1 atom stereocenters. The van der Waals surface area contributed by atoms with Gasteiger partial charge in [-0.2, -0.15) is 0 Å². The lowest BCUT2D eigenvalue weighted by Crippen LogP contribution is -2.21. The van der Waals surface area contributed by atoms with E-state index in [-0.39, 0.29) is 0 Å². The number of hydrogen-bond donors (Lipinski definition) is 2. The highest BCUT2D eigenvalue weighted by molar-refractivity contribution is 5.43. The highest BCUT2D eigenvalue weighted by atomic mass is 16.5. The van der Waals surface area contributed by atoms with E-state index in [2.05, 4.69) is 5.32 Å². The normalized spacial score (nSPS) is 12.0. The molecule has 2 aromatic carbocycles. The van der Waals surface area contributed by atoms with Gasteiger partial charge in [0, 0.05) is 13.1 Å². The van der Waals surface area contributed by atoms with Crippen LogP contribution in [0.25, 0.3) is 0 Å². The third-order valence-corrected chi connectivity index (χ3v) is 3.46. The van der Waals surface area contributed by atoms with E-state index < -0.39 is 6.10 Å². The van der Waals surface area contributed by atoms with Crippen molar-refractivity contribution in [3.05, 3.63) is 59.7 Å². The fraction of sp³-hybridized carbons (Fsp3) is 0.368. The molecule has 2 N–H and O–H groups in total. The molecule has 0 saturated carbocycles. The Bertz CT molecular complexity index is 586. The minimum atomic E-state index is -0.509. The molecule has 2 rings (SSSR count). The first kappa shape index (κ1) is 17.3. The molecule has 0 aliphatic rings. The van der Waals surface area contributed by atoms with Gasteiger partial charge in [-0.3, -0.25) is 0 Å². The molecule has 4 heteroatoms. The molecule has 0 aliphatic carbocycles. The summed E-state index contributed by atoms with van der Waals surface area (Å²) in [6.45, 7) is 6.29. The smallest absolute Gasteiger partial charge is 0.161 e. The van der Waals surface area contributed by atoms with Gasteiger partial charge >= 0.3 is 0 Å². The van der Waals surface area contributed by atoms with Crippen molar-refractivity contribution in [2.45, 2.75) is 26.5 Å². The van der Waals surface area contributed by atoms with Crippen molar-refractivity contribution in [2.75, 3.05) is 19.8 Å². The summed E-state index contributed by atoms with van der Waals surface area (Å²) in [6, 6.07) is 15.6. The minimum absolute atomic E-state index is 0.501. The molecule has 0 unspecified atom stereocenters. The van der Waals surface area contributed by atoms with E-state index in [1.165, 1.54) is 0 Å². The van der Waals surface area contributed by atoms with Crippen molar-refractivity contribution in [3.8, 4) is 11.5 Å². The highest BCUT2D eigenvalue weighted by Crippen LogP contribution is 2.28. The molecule has 0 amide bonds. The number of benzene rings is 2. The summed E-state index contributed by atoms with van der Waals surface area (Å²) >= 11 is 0. The van der Waals surface area contributed by atoms with E-state index in [0.717, 1.165) is 22.6 Å². The van der Waals surface area contributed by atoms with Crippen LogP contribution in [-0.4, -0.2) is 24.9 Å². The summed E-state index contributed by atoms with van der Waals surface area (Å²) in [7, 11) is 0. The molecule has 0 spiro atoms. The fourth-order valence-electron chi connectivity index (χ4n) is 2.35. The topological polar surface area (TPSA) is 50.7 Å². The molecular formula is C19H25NO3. The lowest BCUT2D eigenvalue weighted by atomic mass is 10.1. The molecule has 0 bridgehead atoms. The Labute approximate surface area is 138 Å². The van der Waals surface area contributed by atoms with E-state index in [9.17, 15) is 5.11 Å². The second-order valence-electron chi connectivity index (χ2n) is 5.20.